The number of hydrogen-bond acceptors (Lipinski definition) is 5. The van der Waals surface area contributed by atoms with Crippen LogP contribution in [-0.4, -0.2) is 18.0 Å². The minimum Gasteiger partial charge on any atom is -0.398 e. The number of anilines is 2. The van der Waals surface area contributed by atoms with Crippen molar-refractivity contribution in [2.75, 3.05) is 17.7 Å². The third-order valence-corrected chi connectivity index (χ3v) is 4.18. The van der Waals surface area contributed by atoms with E-state index in [9.17, 15) is 10.1 Å². The molecule has 5 nitrogen and oxygen atoms in total. The lowest BCUT2D eigenvalue weighted by Gasteiger charge is -2.26. The summed E-state index contributed by atoms with van der Waals surface area (Å²) in [7, 11) is 1.93. The Bertz CT molecular complexity index is 598. The number of likely N-dealkylation sites (N-methyl/N-ethyl adjacent to an activating group) is 1. The molecule has 1 heterocycles. The molecule has 6 heteroatoms. The first-order valence-electron chi connectivity index (χ1n) is 6.27. The lowest BCUT2D eigenvalue weighted by molar-refractivity contribution is -0.384. The Balaban J connectivity index is 2.19. The molecule has 1 aromatic carbocycles. The summed E-state index contributed by atoms with van der Waals surface area (Å²) in [6.07, 6.45) is 0.900. The van der Waals surface area contributed by atoms with E-state index in [0.29, 0.717) is 5.69 Å². The fraction of sp³-hybridized carbons (Fsp3) is 0.286. The Hall–Kier alpha value is -2.08. The number of hydrogen-bond donors (Lipinski definition) is 1. The summed E-state index contributed by atoms with van der Waals surface area (Å²) in [4.78, 5) is 13.8. The molecule has 0 fully saturated rings. The molecule has 0 saturated heterocycles. The minimum absolute atomic E-state index is 0.0233. The van der Waals surface area contributed by atoms with Gasteiger partial charge in [0.25, 0.3) is 5.69 Å². The van der Waals surface area contributed by atoms with Gasteiger partial charge in [0.05, 0.1) is 4.92 Å². The molecule has 0 spiro atoms. The smallest absolute Gasteiger partial charge is 0.273 e. The van der Waals surface area contributed by atoms with Gasteiger partial charge in [0.15, 0.2) is 0 Å². The first-order valence-corrected chi connectivity index (χ1v) is 7.15. The molecule has 2 aromatic rings. The zero-order valence-corrected chi connectivity index (χ0v) is 12.3. The van der Waals surface area contributed by atoms with Gasteiger partial charge in [0.1, 0.15) is 0 Å². The lowest BCUT2D eigenvalue weighted by atomic mass is 10.1. The normalized spacial score (nSPS) is 12.1. The van der Waals surface area contributed by atoms with Crippen LogP contribution in [0.25, 0.3) is 0 Å². The molecule has 2 N–H and O–H groups in total. The second-order valence-electron chi connectivity index (χ2n) is 4.78. The second-order valence-corrected chi connectivity index (χ2v) is 5.82. The number of non-ortho nitro benzene ring substituents is 1. The summed E-state index contributed by atoms with van der Waals surface area (Å²) in [6.45, 7) is 2.09. The lowest BCUT2D eigenvalue weighted by Crippen LogP contribution is -2.30. The Morgan fingerprint density at radius 3 is 2.80 bits per heavy atom. The van der Waals surface area contributed by atoms with Crippen LogP contribution in [0.2, 0.25) is 0 Å². The van der Waals surface area contributed by atoms with E-state index in [2.05, 4.69) is 13.0 Å². The van der Waals surface area contributed by atoms with Crippen molar-refractivity contribution in [2.45, 2.75) is 19.4 Å². The Morgan fingerprint density at radius 2 is 2.20 bits per heavy atom. The number of benzene rings is 1. The van der Waals surface area contributed by atoms with Gasteiger partial charge in [-0.1, -0.05) is 6.07 Å². The zero-order valence-electron chi connectivity index (χ0n) is 11.4. The van der Waals surface area contributed by atoms with Crippen LogP contribution in [0.5, 0.6) is 0 Å². The second kappa shape index (κ2) is 5.92. The van der Waals surface area contributed by atoms with Crippen LogP contribution in [-0.2, 0) is 6.42 Å². The van der Waals surface area contributed by atoms with Crippen molar-refractivity contribution < 1.29 is 4.92 Å². The number of rotatable bonds is 5. The maximum Gasteiger partial charge on any atom is 0.273 e. The highest BCUT2D eigenvalue weighted by molar-refractivity contribution is 7.09. The van der Waals surface area contributed by atoms with Gasteiger partial charge in [-0.25, -0.2) is 0 Å². The minimum atomic E-state index is -0.419. The van der Waals surface area contributed by atoms with Crippen molar-refractivity contribution in [2.24, 2.45) is 0 Å². The highest BCUT2D eigenvalue weighted by atomic mass is 32.1. The van der Waals surface area contributed by atoms with Gasteiger partial charge >= 0.3 is 0 Å². The summed E-state index contributed by atoms with van der Waals surface area (Å²) >= 11 is 1.72. The van der Waals surface area contributed by atoms with Gasteiger partial charge in [-0.05, 0) is 24.4 Å². The van der Waals surface area contributed by atoms with Crippen LogP contribution in [0.1, 0.15) is 11.8 Å². The van der Waals surface area contributed by atoms with Crippen molar-refractivity contribution in [1.82, 2.24) is 0 Å². The number of thiophene rings is 1. The summed E-state index contributed by atoms with van der Waals surface area (Å²) in [6, 6.07) is 9.05. The highest BCUT2D eigenvalue weighted by Gasteiger charge is 2.15. The number of nitrogen functional groups attached to an aromatic ring is 1. The fourth-order valence-electron chi connectivity index (χ4n) is 2.04. The van der Waals surface area contributed by atoms with Crippen molar-refractivity contribution in [1.29, 1.82) is 0 Å². The van der Waals surface area contributed by atoms with Crippen molar-refractivity contribution in [3.05, 3.63) is 50.7 Å². The third-order valence-electron chi connectivity index (χ3n) is 3.28. The van der Waals surface area contributed by atoms with Crippen LogP contribution in [0.15, 0.2) is 35.7 Å². The SMILES string of the molecule is CC(Cc1cccs1)N(C)c1cc(N)cc([N+](=O)[O-])c1. The van der Waals surface area contributed by atoms with Crippen molar-refractivity contribution in [3.63, 3.8) is 0 Å². The van der Waals surface area contributed by atoms with Crippen LogP contribution in [0.3, 0.4) is 0 Å². The number of nitrogens with two attached hydrogens (primary N) is 1. The van der Waals surface area contributed by atoms with Crippen molar-refractivity contribution >= 4 is 28.4 Å². The van der Waals surface area contributed by atoms with Gasteiger partial charge in [0.2, 0.25) is 0 Å². The van der Waals surface area contributed by atoms with Gasteiger partial charge in [-0.3, -0.25) is 10.1 Å². The predicted octanol–water partition coefficient (Wildman–Crippen LogP) is 3.31. The Morgan fingerprint density at radius 1 is 1.45 bits per heavy atom. The van der Waals surface area contributed by atoms with Gasteiger partial charge < -0.3 is 10.6 Å². The molecule has 20 heavy (non-hydrogen) atoms. The molecule has 0 aliphatic rings. The molecule has 1 aromatic heterocycles. The van der Waals surface area contributed by atoms with Crippen LogP contribution in [0.4, 0.5) is 17.1 Å². The van der Waals surface area contributed by atoms with E-state index in [1.807, 2.05) is 23.4 Å². The molecule has 1 atom stereocenters. The molecule has 0 bridgehead atoms. The molecule has 0 amide bonds. The number of nitro groups is 1. The summed E-state index contributed by atoms with van der Waals surface area (Å²) in [5.74, 6) is 0. The maximum absolute atomic E-state index is 10.9. The average Bonchev–Trinajstić information content (AvgIpc) is 2.89. The maximum atomic E-state index is 10.9. The monoisotopic (exact) mass is 291 g/mol. The third kappa shape index (κ3) is 3.27. The molecule has 2 rings (SSSR count). The standard InChI is InChI=1S/C14H17N3O2S/c1-10(6-14-4-3-5-20-14)16(2)12-7-11(15)8-13(9-12)17(18)19/h3-5,7-10H,6,15H2,1-2H3. The molecule has 0 aliphatic carbocycles. The topological polar surface area (TPSA) is 72.4 Å². The molecule has 0 aliphatic heterocycles. The predicted molar refractivity (Wildman–Crippen MR) is 83.4 cm³/mol. The molecule has 106 valence electrons. The first kappa shape index (κ1) is 14.3. The zero-order chi connectivity index (χ0) is 14.7. The van der Waals surface area contributed by atoms with Gasteiger partial charge in [0, 0.05) is 47.9 Å². The van der Waals surface area contributed by atoms with Crippen molar-refractivity contribution in [3.8, 4) is 0 Å². The van der Waals surface area contributed by atoms with E-state index in [0.717, 1.165) is 12.1 Å². The van der Waals surface area contributed by atoms with Gasteiger partial charge in [-0.2, -0.15) is 0 Å². The molecule has 1 unspecified atom stereocenters. The molecule has 0 radical (unpaired) electrons. The molecule has 0 saturated carbocycles. The number of nitro benzene ring substituents is 1. The Kier molecular flexibility index (Phi) is 4.24. The van der Waals surface area contributed by atoms with E-state index >= 15 is 0 Å². The largest absolute Gasteiger partial charge is 0.398 e. The van der Waals surface area contributed by atoms with Crippen LogP contribution >= 0.6 is 11.3 Å². The van der Waals surface area contributed by atoms with Gasteiger partial charge in [-0.15, -0.1) is 11.3 Å². The van der Waals surface area contributed by atoms with Crippen LogP contribution in [0, 0.1) is 10.1 Å². The van der Waals surface area contributed by atoms with E-state index in [1.165, 1.54) is 10.9 Å². The Labute approximate surface area is 121 Å². The molecular weight excluding hydrogens is 274 g/mol. The number of nitrogens with zero attached hydrogens (tertiary/aromatic N) is 2. The summed E-state index contributed by atoms with van der Waals surface area (Å²) in [5, 5.41) is 12.9. The average molecular weight is 291 g/mol. The van der Waals surface area contributed by atoms with E-state index in [4.69, 9.17) is 5.73 Å². The summed E-state index contributed by atoms with van der Waals surface area (Å²) < 4.78 is 0. The van der Waals surface area contributed by atoms with Crippen LogP contribution < -0.4 is 10.6 Å². The first-order chi connectivity index (χ1) is 9.47. The van der Waals surface area contributed by atoms with E-state index in [1.54, 1.807) is 23.5 Å². The quantitative estimate of drug-likeness (QED) is 0.521. The molecular formula is C14H17N3O2S. The fourth-order valence-corrected chi connectivity index (χ4v) is 2.86. The highest BCUT2D eigenvalue weighted by Crippen LogP contribution is 2.27. The summed E-state index contributed by atoms with van der Waals surface area (Å²) in [5.41, 5.74) is 6.94. The van der Waals surface area contributed by atoms with E-state index < -0.39 is 4.92 Å². The van der Waals surface area contributed by atoms with E-state index in [-0.39, 0.29) is 11.7 Å².